The summed E-state index contributed by atoms with van der Waals surface area (Å²) in [6.45, 7) is 0.0549. The van der Waals surface area contributed by atoms with Crippen LogP contribution < -0.4 is 20.4 Å². The van der Waals surface area contributed by atoms with E-state index in [0.717, 1.165) is 0 Å². The van der Waals surface area contributed by atoms with Crippen LogP contribution in [0.25, 0.3) is 0 Å². The van der Waals surface area contributed by atoms with Crippen LogP contribution in [0.3, 0.4) is 0 Å². The molecule has 3 rings (SSSR count). The molecule has 0 aliphatic carbocycles. The number of alkyl halides is 3. The number of hydrogen-bond donors (Lipinski definition) is 1. The standard InChI is InChI=1S/C16H20F3N7/c1-24(2)15-22-13(21-14(20)23-15)9-25-7-8-26(10-16(17,18)19)12-6-4-3-5-11(12)25/h3-6H,7-10H2,1-2H3,(H2,20,21,22,23). The fourth-order valence-electron chi connectivity index (χ4n) is 2.89. The number of aromatic nitrogens is 3. The number of hydrogen-bond acceptors (Lipinski definition) is 7. The second-order valence-electron chi connectivity index (χ2n) is 6.25. The van der Waals surface area contributed by atoms with Gasteiger partial charge in [0.2, 0.25) is 11.9 Å². The molecule has 0 unspecified atom stereocenters. The lowest BCUT2D eigenvalue weighted by molar-refractivity contribution is -0.119. The maximum absolute atomic E-state index is 12.8. The van der Waals surface area contributed by atoms with Crippen molar-refractivity contribution in [3.63, 3.8) is 0 Å². The first kappa shape index (κ1) is 18.0. The summed E-state index contributed by atoms with van der Waals surface area (Å²) < 4.78 is 38.5. The Morgan fingerprint density at radius 3 is 2.27 bits per heavy atom. The van der Waals surface area contributed by atoms with Crippen LogP contribution in [-0.2, 0) is 6.54 Å². The van der Waals surface area contributed by atoms with Gasteiger partial charge >= 0.3 is 6.18 Å². The van der Waals surface area contributed by atoms with Gasteiger partial charge in [0.25, 0.3) is 0 Å². The summed E-state index contributed by atoms with van der Waals surface area (Å²) in [6.07, 6.45) is -4.25. The first-order valence-electron chi connectivity index (χ1n) is 8.06. The molecule has 0 saturated carbocycles. The lowest BCUT2D eigenvalue weighted by atomic mass is 10.1. The van der Waals surface area contributed by atoms with Gasteiger partial charge in [-0.05, 0) is 12.1 Å². The lowest BCUT2D eigenvalue weighted by Crippen LogP contribution is -2.44. The molecule has 2 N–H and O–H groups in total. The van der Waals surface area contributed by atoms with Crippen LogP contribution in [0, 0.1) is 0 Å². The van der Waals surface area contributed by atoms with E-state index < -0.39 is 12.7 Å². The molecule has 1 aliphatic rings. The van der Waals surface area contributed by atoms with Crippen molar-refractivity contribution in [1.82, 2.24) is 15.0 Å². The first-order valence-corrected chi connectivity index (χ1v) is 8.06. The van der Waals surface area contributed by atoms with Gasteiger partial charge in [-0.1, -0.05) is 12.1 Å². The smallest absolute Gasteiger partial charge is 0.368 e. The summed E-state index contributed by atoms with van der Waals surface area (Å²) >= 11 is 0. The third-order valence-corrected chi connectivity index (χ3v) is 3.99. The SMILES string of the molecule is CN(C)c1nc(N)nc(CN2CCN(CC(F)(F)F)c3ccccc32)n1. The molecular formula is C16H20F3N7. The minimum Gasteiger partial charge on any atom is -0.368 e. The van der Waals surface area contributed by atoms with Gasteiger partial charge in [-0.2, -0.15) is 28.1 Å². The Morgan fingerprint density at radius 1 is 1.04 bits per heavy atom. The normalized spacial score (nSPS) is 14.3. The number of para-hydroxylation sites is 2. The van der Waals surface area contributed by atoms with Gasteiger partial charge in [0.05, 0.1) is 17.9 Å². The van der Waals surface area contributed by atoms with E-state index in [-0.39, 0.29) is 12.5 Å². The van der Waals surface area contributed by atoms with Gasteiger partial charge in [-0.3, -0.25) is 0 Å². The van der Waals surface area contributed by atoms with E-state index in [1.807, 2.05) is 4.90 Å². The number of halogens is 3. The predicted molar refractivity (Wildman–Crippen MR) is 94.3 cm³/mol. The van der Waals surface area contributed by atoms with Crippen LogP contribution in [0.4, 0.5) is 36.4 Å². The van der Waals surface area contributed by atoms with Crippen molar-refractivity contribution in [1.29, 1.82) is 0 Å². The van der Waals surface area contributed by atoms with E-state index in [4.69, 9.17) is 5.73 Å². The van der Waals surface area contributed by atoms with Crippen LogP contribution in [0.1, 0.15) is 5.82 Å². The first-order chi connectivity index (χ1) is 12.2. The molecule has 0 amide bonds. The van der Waals surface area contributed by atoms with E-state index >= 15 is 0 Å². The monoisotopic (exact) mass is 367 g/mol. The Morgan fingerprint density at radius 2 is 1.65 bits per heavy atom. The predicted octanol–water partition coefficient (Wildman–Crippen LogP) is 1.91. The lowest BCUT2D eigenvalue weighted by Gasteiger charge is -2.38. The van der Waals surface area contributed by atoms with Crippen molar-refractivity contribution >= 4 is 23.3 Å². The van der Waals surface area contributed by atoms with E-state index in [2.05, 4.69) is 15.0 Å². The average Bonchev–Trinajstić information content (AvgIpc) is 2.55. The molecular weight excluding hydrogens is 347 g/mol. The maximum Gasteiger partial charge on any atom is 0.405 e. The van der Waals surface area contributed by atoms with Crippen molar-refractivity contribution in [3.05, 3.63) is 30.1 Å². The molecule has 2 heterocycles. The van der Waals surface area contributed by atoms with Gasteiger partial charge < -0.3 is 20.4 Å². The number of rotatable bonds is 4. The van der Waals surface area contributed by atoms with Crippen LogP contribution >= 0.6 is 0 Å². The number of nitrogens with two attached hydrogens (primary N) is 1. The molecule has 0 atom stereocenters. The number of anilines is 4. The fraction of sp³-hybridized carbons (Fsp3) is 0.438. The minimum atomic E-state index is -4.25. The van der Waals surface area contributed by atoms with Crippen molar-refractivity contribution in [3.8, 4) is 0 Å². The average molecular weight is 367 g/mol. The van der Waals surface area contributed by atoms with Crippen LogP contribution in [-0.4, -0.2) is 54.9 Å². The zero-order valence-corrected chi connectivity index (χ0v) is 14.5. The van der Waals surface area contributed by atoms with Gasteiger partial charge in [0, 0.05) is 27.2 Å². The molecule has 2 aromatic rings. The van der Waals surface area contributed by atoms with Crippen molar-refractivity contribution < 1.29 is 13.2 Å². The zero-order chi connectivity index (χ0) is 18.9. The van der Waals surface area contributed by atoms with Crippen LogP contribution in [0.5, 0.6) is 0 Å². The Bertz CT molecular complexity index is 779. The number of nitrogen functional groups attached to an aromatic ring is 1. The topological polar surface area (TPSA) is 74.4 Å². The summed E-state index contributed by atoms with van der Waals surface area (Å²) in [5, 5.41) is 0. The molecule has 10 heteroatoms. The van der Waals surface area contributed by atoms with Gasteiger partial charge in [0.15, 0.2) is 5.82 Å². The summed E-state index contributed by atoms with van der Waals surface area (Å²) in [7, 11) is 3.59. The van der Waals surface area contributed by atoms with Crippen LogP contribution in [0.2, 0.25) is 0 Å². The fourth-order valence-corrected chi connectivity index (χ4v) is 2.89. The summed E-state index contributed by atoms with van der Waals surface area (Å²) in [5.41, 5.74) is 7.01. The quantitative estimate of drug-likeness (QED) is 0.885. The number of nitrogens with zero attached hydrogens (tertiary/aromatic N) is 6. The van der Waals surface area contributed by atoms with Gasteiger partial charge in [-0.25, -0.2) is 0 Å². The molecule has 0 spiro atoms. The molecule has 1 aromatic heterocycles. The molecule has 0 radical (unpaired) electrons. The Labute approximate surface area is 149 Å². The highest BCUT2D eigenvalue weighted by Gasteiger charge is 2.34. The molecule has 0 saturated heterocycles. The highest BCUT2D eigenvalue weighted by atomic mass is 19.4. The zero-order valence-electron chi connectivity index (χ0n) is 14.5. The number of fused-ring (bicyclic) bond motifs is 1. The summed E-state index contributed by atoms with van der Waals surface area (Å²) in [5.74, 6) is 1.03. The van der Waals surface area contributed by atoms with Gasteiger partial charge in [0.1, 0.15) is 6.54 Å². The van der Waals surface area contributed by atoms with E-state index in [1.54, 1.807) is 43.3 Å². The van der Waals surface area contributed by atoms with Crippen molar-refractivity contribution in [2.75, 3.05) is 54.2 Å². The largest absolute Gasteiger partial charge is 0.405 e. The second kappa shape index (κ2) is 6.85. The summed E-state index contributed by atoms with van der Waals surface area (Å²) in [4.78, 5) is 17.6. The molecule has 0 fully saturated rings. The molecule has 140 valence electrons. The molecule has 26 heavy (non-hydrogen) atoms. The Hall–Kier alpha value is -2.78. The van der Waals surface area contributed by atoms with Crippen molar-refractivity contribution in [2.45, 2.75) is 12.7 Å². The molecule has 1 aliphatic heterocycles. The highest BCUT2D eigenvalue weighted by molar-refractivity contribution is 5.73. The Kier molecular flexibility index (Phi) is 4.75. The highest BCUT2D eigenvalue weighted by Crippen LogP contribution is 2.35. The minimum absolute atomic E-state index is 0.114. The van der Waals surface area contributed by atoms with Gasteiger partial charge in [-0.15, -0.1) is 0 Å². The third-order valence-electron chi connectivity index (χ3n) is 3.99. The third kappa shape index (κ3) is 4.06. The maximum atomic E-state index is 12.8. The molecule has 1 aromatic carbocycles. The van der Waals surface area contributed by atoms with Crippen LogP contribution in [0.15, 0.2) is 24.3 Å². The number of benzene rings is 1. The summed E-state index contributed by atoms with van der Waals surface area (Å²) in [6, 6.07) is 7.03. The van der Waals surface area contributed by atoms with E-state index in [1.165, 1.54) is 4.90 Å². The molecule has 7 nitrogen and oxygen atoms in total. The van der Waals surface area contributed by atoms with E-state index in [0.29, 0.717) is 36.2 Å². The molecule has 0 bridgehead atoms. The van der Waals surface area contributed by atoms with E-state index in [9.17, 15) is 13.2 Å². The Balaban J connectivity index is 1.87. The van der Waals surface area contributed by atoms with Crippen molar-refractivity contribution in [2.24, 2.45) is 0 Å². The second-order valence-corrected chi connectivity index (χ2v) is 6.25.